The van der Waals surface area contributed by atoms with Crippen LogP contribution in [0.1, 0.15) is 36.5 Å². The Morgan fingerprint density at radius 3 is 1.29 bits per heavy atom. The van der Waals surface area contributed by atoms with Crippen LogP contribution in [0.2, 0.25) is 0 Å². The molecule has 3 aromatic rings. The lowest BCUT2D eigenvalue weighted by atomic mass is 10.2. The molecule has 0 aliphatic carbocycles. The zero-order valence-electron chi connectivity index (χ0n) is 17.1. The lowest BCUT2D eigenvalue weighted by Gasteiger charge is -2.40. The van der Waals surface area contributed by atoms with Crippen molar-refractivity contribution < 1.29 is 8.98 Å². The van der Waals surface area contributed by atoms with Gasteiger partial charge in [0, 0.05) is 21.1 Å². The first-order chi connectivity index (χ1) is 13.5. The van der Waals surface area contributed by atoms with Gasteiger partial charge in [0.1, 0.15) is 0 Å². The monoisotopic (exact) mass is 392 g/mol. The largest absolute Gasteiger partial charge is 0.402 e. The summed E-state index contributed by atoms with van der Waals surface area (Å²) >= 11 is 0. The van der Waals surface area contributed by atoms with Gasteiger partial charge in [-0.25, -0.2) is 0 Å². The van der Waals surface area contributed by atoms with E-state index >= 15 is 0 Å². The zero-order chi connectivity index (χ0) is 20.1. The van der Waals surface area contributed by atoms with Gasteiger partial charge in [0.15, 0.2) is 0 Å². The van der Waals surface area contributed by atoms with Gasteiger partial charge in [-0.05, 0) is 73.9 Å². The average molecular weight is 393 g/mol. The summed E-state index contributed by atoms with van der Waals surface area (Å²) in [4.78, 5) is 15.9. The molecule has 0 amide bonds. The Bertz CT molecular complexity index is 815. The molecule has 0 radical (unpaired) electrons. The summed E-state index contributed by atoms with van der Waals surface area (Å²) in [7, 11) is -2.15. The smallest absolute Gasteiger partial charge is 0.317 e. The fraction of sp³-hybridized carbons (Fsp3) is 0.240. The van der Waals surface area contributed by atoms with Crippen molar-refractivity contribution in [2.75, 3.05) is 0 Å². The van der Waals surface area contributed by atoms with Crippen molar-refractivity contribution in [2.24, 2.45) is 0 Å². The topological polar surface area (TPSA) is 26.3 Å². The van der Waals surface area contributed by atoms with Gasteiger partial charge in [-0.15, -0.1) is 0 Å². The Balaban J connectivity index is 2.29. The Hall–Kier alpha value is -2.52. The molecule has 2 nitrogen and oxygen atoms in total. The fourth-order valence-corrected chi connectivity index (χ4v) is 6.15. The van der Waals surface area contributed by atoms with Crippen LogP contribution in [0.4, 0.5) is 0 Å². The summed E-state index contributed by atoms with van der Waals surface area (Å²) in [5, 5.41) is 0. The highest BCUT2D eigenvalue weighted by atomic mass is 32.3. The second-order valence-electron chi connectivity index (χ2n) is 7.20. The van der Waals surface area contributed by atoms with E-state index in [9.17, 15) is 4.79 Å². The molecule has 146 valence electrons. The highest BCUT2D eigenvalue weighted by Crippen LogP contribution is 2.69. The van der Waals surface area contributed by atoms with E-state index in [-0.39, 0.29) is 5.97 Å². The van der Waals surface area contributed by atoms with E-state index in [1.54, 1.807) is 0 Å². The van der Waals surface area contributed by atoms with Crippen LogP contribution in [0.3, 0.4) is 0 Å². The summed E-state index contributed by atoms with van der Waals surface area (Å²) in [5.74, 6) is -0.153. The van der Waals surface area contributed by atoms with Gasteiger partial charge in [-0.1, -0.05) is 60.0 Å². The molecule has 0 unspecified atom stereocenters. The Labute approximate surface area is 170 Å². The van der Waals surface area contributed by atoms with Crippen molar-refractivity contribution in [3.8, 4) is 0 Å². The molecule has 0 atom stereocenters. The van der Waals surface area contributed by atoms with Gasteiger partial charge in [0.05, 0.1) is 0 Å². The second-order valence-corrected chi connectivity index (χ2v) is 9.89. The molecule has 3 aromatic carbocycles. The molecule has 0 spiro atoms. The molecule has 3 heteroatoms. The van der Waals surface area contributed by atoms with Crippen LogP contribution < -0.4 is 0 Å². The van der Waals surface area contributed by atoms with Gasteiger partial charge in [0.25, 0.3) is 0 Å². The van der Waals surface area contributed by atoms with Crippen LogP contribution in [0.15, 0.2) is 87.5 Å². The Morgan fingerprint density at radius 1 is 0.679 bits per heavy atom. The molecule has 0 saturated heterocycles. The number of benzene rings is 3. The maximum Gasteiger partial charge on any atom is 0.317 e. The van der Waals surface area contributed by atoms with Crippen LogP contribution in [0.5, 0.6) is 0 Å². The van der Waals surface area contributed by atoms with Crippen LogP contribution in [0.25, 0.3) is 0 Å². The van der Waals surface area contributed by atoms with Crippen molar-refractivity contribution >= 4 is 16.3 Å². The molecule has 0 aliphatic heterocycles. The highest BCUT2D eigenvalue weighted by molar-refractivity contribution is 8.30. The van der Waals surface area contributed by atoms with Crippen LogP contribution in [-0.2, 0) is 8.98 Å². The maximum atomic E-state index is 12.8. The summed E-state index contributed by atoms with van der Waals surface area (Å²) in [6, 6.07) is 25.1. The van der Waals surface area contributed by atoms with Crippen molar-refractivity contribution in [3.63, 3.8) is 0 Å². The zero-order valence-corrected chi connectivity index (χ0v) is 17.9. The summed E-state index contributed by atoms with van der Waals surface area (Å²) in [6.45, 7) is 8.22. The van der Waals surface area contributed by atoms with Crippen molar-refractivity contribution in [1.82, 2.24) is 0 Å². The van der Waals surface area contributed by atoms with Crippen molar-refractivity contribution in [2.45, 2.75) is 55.2 Å². The second kappa shape index (κ2) is 8.66. The molecule has 0 heterocycles. The van der Waals surface area contributed by atoms with E-state index < -0.39 is 10.3 Å². The molecule has 0 aromatic heterocycles. The van der Waals surface area contributed by atoms with Gasteiger partial charge in [-0.3, -0.25) is 4.79 Å². The third-order valence-corrected chi connectivity index (χ3v) is 7.97. The molecule has 0 aliphatic rings. The van der Waals surface area contributed by atoms with Crippen molar-refractivity contribution in [3.05, 3.63) is 89.5 Å². The maximum absolute atomic E-state index is 12.8. The van der Waals surface area contributed by atoms with Gasteiger partial charge in [-0.2, -0.15) is 0 Å². The predicted molar refractivity (Wildman–Crippen MR) is 117 cm³/mol. The standard InChI is InChI=1S/C25H28O2S/c1-5-6-25(26)27-28(22-13-7-19(2)8-14-22,23-15-9-20(3)10-16-23)24-17-11-21(4)12-18-24/h7-18H,5-6H2,1-4H3. The molecule has 0 bridgehead atoms. The SMILES string of the molecule is CCCC(=O)OS(c1ccc(C)cc1)(c1ccc(C)cc1)c1ccc(C)cc1. The fourth-order valence-electron chi connectivity index (χ4n) is 3.13. The molecule has 3 rings (SSSR count). The number of hydrogen-bond donors (Lipinski definition) is 0. The summed E-state index contributed by atoms with van der Waals surface area (Å²) in [5.41, 5.74) is 3.55. The van der Waals surface area contributed by atoms with Crippen molar-refractivity contribution in [1.29, 1.82) is 0 Å². The van der Waals surface area contributed by atoms with Gasteiger partial charge < -0.3 is 4.18 Å². The number of carbonyl (C=O) groups excluding carboxylic acids is 1. The molecular formula is C25H28O2S. The lowest BCUT2D eigenvalue weighted by Crippen LogP contribution is -2.13. The van der Waals surface area contributed by atoms with E-state index in [1.165, 1.54) is 16.7 Å². The third-order valence-electron chi connectivity index (χ3n) is 4.73. The lowest BCUT2D eigenvalue weighted by molar-refractivity contribution is -0.133. The van der Waals surface area contributed by atoms with E-state index in [1.807, 2.05) is 6.92 Å². The quantitative estimate of drug-likeness (QED) is 0.445. The minimum atomic E-state index is -2.15. The van der Waals surface area contributed by atoms with Crippen LogP contribution >= 0.6 is 10.3 Å². The predicted octanol–water partition coefficient (Wildman–Crippen LogP) is 7.15. The Morgan fingerprint density at radius 2 is 1.00 bits per heavy atom. The number of rotatable bonds is 6. The minimum Gasteiger partial charge on any atom is -0.402 e. The van der Waals surface area contributed by atoms with Gasteiger partial charge >= 0.3 is 5.97 Å². The minimum absolute atomic E-state index is 0.153. The number of carbonyl (C=O) groups is 1. The average Bonchev–Trinajstić information content (AvgIpc) is 2.68. The Kier molecular flexibility index (Phi) is 6.25. The first-order valence-corrected chi connectivity index (χ1v) is 11.3. The first-order valence-electron chi connectivity index (χ1n) is 9.71. The molecule has 0 N–H and O–H groups in total. The van der Waals surface area contributed by atoms with Gasteiger partial charge in [0.2, 0.25) is 0 Å². The van der Waals surface area contributed by atoms with E-state index in [0.717, 1.165) is 21.1 Å². The first kappa shape index (κ1) is 20.2. The van der Waals surface area contributed by atoms with Crippen LogP contribution in [0, 0.1) is 20.8 Å². The van der Waals surface area contributed by atoms with E-state index in [2.05, 4.69) is 93.6 Å². The number of aryl methyl sites for hydroxylation is 3. The molecular weight excluding hydrogens is 364 g/mol. The normalized spacial score (nSPS) is 11.9. The third kappa shape index (κ3) is 4.15. The van der Waals surface area contributed by atoms with E-state index in [0.29, 0.717) is 6.42 Å². The molecule has 28 heavy (non-hydrogen) atoms. The summed E-state index contributed by atoms with van der Waals surface area (Å²) < 4.78 is 6.40. The molecule has 0 saturated carbocycles. The number of hydrogen-bond acceptors (Lipinski definition) is 2. The van der Waals surface area contributed by atoms with Crippen LogP contribution in [-0.4, -0.2) is 5.97 Å². The molecule has 0 fully saturated rings. The van der Waals surface area contributed by atoms with E-state index in [4.69, 9.17) is 4.18 Å². The highest BCUT2D eigenvalue weighted by Gasteiger charge is 2.35. The summed E-state index contributed by atoms with van der Waals surface area (Å²) in [6.07, 6.45) is 1.18.